The minimum atomic E-state index is -0.400. The normalized spacial score (nSPS) is 10.7. The van der Waals surface area contributed by atoms with E-state index in [0.717, 1.165) is 33.4 Å². The number of rotatable bonds is 6. The van der Waals surface area contributed by atoms with Crippen molar-refractivity contribution in [2.75, 3.05) is 32.8 Å². The van der Waals surface area contributed by atoms with Crippen molar-refractivity contribution in [1.82, 2.24) is 4.98 Å². The molecule has 6 heteroatoms. The number of nitrogens with zero attached hydrogens (tertiary/aromatic N) is 2. The van der Waals surface area contributed by atoms with E-state index in [2.05, 4.69) is 11.1 Å². The van der Waals surface area contributed by atoms with E-state index in [1.807, 2.05) is 50.1 Å². The van der Waals surface area contributed by atoms with Crippen LogP contribution in [0.4, 0.5) is 11.4 Å². The Morgan fingerprint density at radius 1 is 1.07 bits per heavy atom. The third kappa shape index (κ3) is 3.83. The molecule has 0 aliphatic carbocycles. The van der Waals surface area contributed by atoms with E-state index in [1.54, 1.807) is 27.3 Å². The molecule has 0 atom stereocenters. The first-order valence-electron chi connectivity index (χ1n) is 9.44. The second kappa shape index (κ2) is 8.39. The zero-order chi connectivity index (χ0) is 21.1. The molecule has 0 unspecified atom stereocenters. The number of anilines is 2. The van der Waals surface area contributed by atoms with E-state index in [-0.39, 0.29) is 0 Å². The predicted molar refractivity (Wildman–Crippen MR) is 115 cm³/mol. The number of carbonyl (C=O) groups excluding carboxylic acids is 1. The lowest BCUT2D eigenvalue weighted by Gasteiger charge is -2.25. The quantitative estimate of drug-likeness (QED) is 0.559. The van der Waals surface area contributed by atoms with Crippen LogP contribution in [-0.2, 0) is 4.74 Å². The highest BCUT2D eigenvalue weighted by Crippen LogP contribution is 2.38. The number of hydrogen-bond donors (Lipinski definition) is 0. The Bertz CT molecular complexity index is 1060. The second-order valence-electron chi connectivity index (χ2n) is 6.82. The van der Waals surface area contributed by atoms with Gasteiger partial charge in [-0.15, -0.1) is 0 Å². The van der Waals surface area contributed by atoms with E-state index >= 15 is 0 Å². The van der Waals surface area contributed by atoms with Crippen molar-refractivity contribution in [3.05, 3.63) is 53.2 Å². The smallest absolute Gasteiger partial charge is 0.341 e. The molecule has 0 N–H and O–H groups in total. The molecule has 6 nitrogen and oxygen atoms in total. The Labute approximate surface area is 171 Å². The Balaban J connectivity index is 2.27. The maximum Gasteiger partial charge on any atom is 0.341 e. The third-order valence-electron chi connectivity index (χ3n) is 4.86. The van der Waals surface area contributed by atoms with Crippen LogP contribution in [0, 0.1) is 13.8 Å². The lowest BCUT2D eigenvalue weighted by Crippen LogP contribution is -2.17. The number of fused-ring (bicyclic) bond motifs is 1. The Kier molecular flexibility index (Phi) is 5.92. The summed E-state index contributed by atoms with van der Waals surface area (Å²) < 4.78 is 16.1. The van der Waals surface area contributed by atoms with Gasteiger partial charge in [0.15, 0.2) is 11.5 Å². The summed E-state index contributed by atoms with van der Waals surface area (Å²) in [7, 11) is 5.11. The topological polar surface area (TPSA) is 60.9 Å². The maximum atomic E-state index is 12.7. The molecule has 3 rings (SSSR count). The molecule has 0 spiro atoms. The summed E-state index contributed by atoms with van der Waals surface area (Å²) in [6, 6.07) is 9.77. The first kappa shape index (κ1) is 20.5. The Morgan fingerprint density at radius 3 is 2.45 bits per heavy atom. The molecular formula is C23H26N2O4. The molecule has 0 aliphatic rings. The molecule has 0 radical (unpaired) electrons. The lowest BCUT2D eigenvalue weighted by molar-refractivity contribution is 0.0527. The van der Waals surface area contributed by atoms with Crippen LogP contribution in [0.3, 0.4) is 0 Å². The fourth-order valence-electron chi connectivity index (χ4n) is 3.53. The van der Waals surface area contributed by atoms with Crippen LogP contribution in [0.2, 0.25) is 0 Å². The number of aromatic nitrogens is 1. The van der Waals surface area contributed by atoms with Crippen LogP contribution in [0.1, 0.15) is 28.4 Å². The van der Waals surface area contributed by atoms with Crippen molar-refractivity contribution in [1.29, 1.82) is 0 Å². The third-order valence-corrected chi connectivity index (χ3v) is 4.86. The summed E-state index contributed by atoms with van der Waals surface area (Å²) >= 11 is 0. The van der Waals surface area contributed by atoms with Gasteiger partial charge in [0.25, 0.3) is 0 Å². The highest BCUT2D eigenvalue weighted by atomic mass is 16.5. The summed E-state index contributed by atoms with van der Waals surface area (Å²) in [4.78, 5) is 19.2. The number of benzene rings is 2. The average molecular weight is 394 g/mol. The van der Waals surface area contributed by atoms with Crippen molar-refractivity contribution in [2.24, 2.45) is 0 Å². The summed E-state index contributed by atoms with van der Waals surface area (Å²) in [6.07, 6.45) is 1.59. The van der Waals surface area contributed by atoms with Crippen molar-refractivity contribution in [3.63, 3.8) is 0 Å². The van der Waals surface area contributed by atoms with Crippen LogP contribution >= 0.6 is 0 Å². The fraction of sp³-hybridized carbons (Fsp3) is 0.304. The van der Waals surface area contributed by atoms with Crippen molar-refractivity contribution < 1.29 is 19.0 Å². The van der Waals surface area contributed by atoms with E-state index in [9.17, 15) is 4.79 Å². The van der Waals surface area contributed by atoms with Gasteiger partial charge in [-0.25, -0.2) is 4.79 Å². The summed E-state index contributed by atoms with van der Waals surface area (Å²) in [5.41, 5.74) is 5.01. The van der Waals surface area contributed by atoms with E-state index in [1.165, 1.54) is 0 Å². The first-order valence-corrected chi connectivity index (χ1v) is 9.44. The SMILES string of the molecule is CCOC(=O)c1cnc2c(C)cc(C)cc2c1N(C)c1ccc(OC)c(OC)c1. The van der Waals surface area contributed by atoms with E-state index in [4.69, 9.17) is 14.2 Å². The van der Waals surface area contributed by atoms with Gasteiger partial charge in [-0.1, -0.05) is 11.6 Å². The monoisotopic (exact) mass is 394 g/mol. The zero-order valence-corrected chi connectivity index (χ0v) is 17.7. The Hall–Kier alpha value is -3.28. The second-order valence-corrected chi connectivity index (χ2v) is 6.82. The lowest BCUT2D eigenvalue weighted by atomic mass is 10.0. The molecule has 0 saturated heterocycles. The number of hydrogen-bond acceptors (Lipinski definition) is 6. The minimum absolute atomic E-state index is 0.295. The van der Waals surface area contributed by atoms with Crippen LogP contribution in [0.25, 0.3) is 10.9 Å². The molecular weight excluding hydrogens is 368 g/mol. The first-order chi connectivity index (χ1) is 13.9. The molecule has 1 aromatic heterocycles. The Morgan fingerprint density at radius 2 is 1.79 bits per heavy atom. The van der Waals surface area contributed by atoms with E-state index in [0.29, 0.717) is 23.7 Å². The van der Waals surface area contributed by atoms with Gasteiger partial charge in [0.2, 0.25) is 0 Å². The van der Waals surface area contributed by atoms with Crippen molar-refractivity contribution >= 4 is 28.2 Å². The van der Waals surface area contributed by atoms with E-state index < -0.39 is 5.97 Å². The molecule has 29 heavy (non-hydrogen) atoms. The number of esters is 1. The van der Waals surface area contributed by atoms with Gasteiger partial charge >= 0.3 is 5.97 Å². The van der Waals surface area contributed by atoms with Gasteiger partial charge in [0, 0.05) is 30.4 Å². The van der Waals surface area contributed by atoms with Crippen LogP contribution in [-0.4, -0.2) is 38.8 Å². The number of ether oxygens (including phenoxy) is 3. The zero-order valence-electron chi connectivity index (χ0n) is 17.7. The molecule has 0 fully saturated rings. The molecule has 0 bridgehead atoms. The van der Waals surface area contributed by atoms with Crippen LogP contribution < -0.4 is 14.4 Å². The standard InChI is InChI=1S/C23H26N2O4/c1-7-29-23(26)18-13-24-21-15(3)10-14(2)11-17(21)22(18)25(4)16-8-9-19(27-5)20(12-16)28-6/h8-13H,7H2,1-6H3. The van der Waals surface area contributed by atoms with Gasteiger partial charge in [-0.2, -0.15) is 0 Å². The summed E-state index contributed by atoms with van der Waals surface area (Å²) in [5, 5.41) is 0.894. The maximum absolute atomic E-state index is 12.7. The van der Waals surface area contributed by atoms with Crippen molar-refractivity contribution in [2.45, 2.75) is 20.8 Å². The average Bonchev–Trinajstić information content (AvgIpc) is 2.71. The number of methoxy groups -OCH3 is 2. The van der Waals surface area contributed by atoms with Gasteiger partial charge in [0.05, 0.1) is 32.0 Å². The van der Waals surface area contributed by atoms with Gasteiger partial charge < -0.3 is 19.1 Å². The molecule has 2 aromatic carbocycles. The van der Waals surface area contributed by atoms with Gasteiger partial charge in [0.1, 0.15) is 5.56 Å². The van der Waals surface area contributed by atoms with Crippen LogP contribution in [0.15, 0.2) is 36.5 Å². The highest BCUT2D eigenvalue weighted by Gasteiger charge is 2.22. The summed E-state index contributed by atoms with van der Waals surface area (Å²) in [5.74, 6) is 0.852. The number of pyridine rings is 1. The predicted octanol–water partition coefficient (Wildman–Crippen LogP) is 4.81. The van der Waals surface area contributed by atoms with Crippen molar-refractivity contribution in [3.8, 4) is 11.5 Å². The minimum Gasteiger partial charge on any atom is -0.493 e. The molecule has 1 heterocycles. The molecule has 0 aliphatic heterocycles. The highest BCUT2D eigenvalue weighted by molar-refractivity contribution is 6.07. The van der Waals surface area contributed by atoms with Gasteiger partial charge in [-0.3, -0.25) is 4.98 Å². The summed E-state index contributed by atoms with van der Waals surface area (Å²) in [6.45, 7) is 6.14. The number of carbonyl (C=O) groups is 1. The molecule has 152 valence electrons. The molecule has 0 saturated carbocycles. The number of aryl methyl sites for hydroxylation is 2. The van der Waals surface area contributed by atoms with Gasteiger partial charge in [-0.05, 0) is 44.5 Å². The largest absolute Gasteiger partial charge is 0.493 e. The molecule has 0 amide bonds. The molecule has 3 aromatic rings. The fourth-order valence-corrected chi connectivity index (χ4v) is 3.53. The van der Waals surface area contributed by atoms with Crippen LogP contribution in [0.5, 0.6) is 11.5 Å².